The van der Waals surface area contributed by atoms with Gasteiger partial charge in [0.05, 0.1) is 0 Å². The molecule has 0 aromatic heterocycles. The van der Waals surface area contributed by atoms with Crippen molar-refractivity contribution < 1.29 is 0 Å². The topological polar surface area (TPSA) is 0 Å². The minimum Gasteiger partial charge on any atom is -0.0616 e. The summed E-state index contributed by atoms with van der Waals surface area (Å²) < 4.78 is 0. The predicted octanol–water partition coefficient (Wildman–Crippen LogP) is 11.4. The molecule has 0 N–H and O–H groups in total. The van der Waals surface area contributed by atoms with E-state index < -0.39 is 0 Å². The summed E-state index contributed by atoms with van der Waals surface area (Å²) >= 11 is 0. The van der Waals surface area contributed by atoms with Gasteiger partial charge in [-0.3, -0.25) is 0 Å². The highest BCUT2D eigenvalue weighted by molar-refractivity contribution is 6.32. The van der Waals surface area contributed by atoms with E-state index in [0.717, 1.165) is 0 Å². The summed E-state index contributed by atoms with van der Waals surface area (Å²) in [6.07, 6.45) is 0. The molecule has 0 heteroatoms. The summed E-state index contributed by atoms with van der Waals surface area (Å²) in [4.78, 5) is 0. The van der Waals surface area contributed by atoms with Crippen LogP contribution in [0.5, 0.6) is 0 Å². The van der Waals surface area contributed by atoms with Gasteiger partial charge in [-0.2, -0.15) is 0 Å². The maximum Gasteiger partial charge on any atom is -0.00201 e. The van der Waals surface area contributed by atoms with Gasteiger partial charge in [0, 0.05) is 0 Å². The molecule has 1 aliphatic rings. The van der Waals surface area contributed by atoms with Crippen LogP contribution in [-0.2, 0) is 0 Å². The first-order valence-corrected chi connectivity index (χ1v) is 14.0. The summed E-state index contributed by atoms with van der Waals surface area (Å²) in [5.41, 5.74) is 5.52. The maximum absolute atomic E-state index is 2.27. The molecule has 0 amide bonds. The highest BCUT2D eigenvalue weighted by atomic mass is 14.2. The maximum atomic E-state index is 2.27. The van der Waals surface area contributed by atoms with Crippen molar-refractivity contribution in [3.05, 3.63) is 146 Å². The predicted molar refractivity (Wildman–Crippen MR) is 174 cm³/mol. The molecule has 0 saturated carbocycles. The minimum absolute atomic E-state index is 1.32. The van der Waals surface area contributed by atoms with Crippen molar-refractivity contribution in [3.63, 3.8) is 0 Å². The lowest BCUT2D eigenvalue weighted by Crippen LogP contribution is -1.85. The van der Waals surface area contributed by atoms with Crippen LogP contribution in [-0.4, -0.2) is 0 Å². The smallest absolute Gasteiger partial charge is 0.00201 e. The van der Waals surface area contributed by atoms with E-state index in [1.54, 1.807) is 0 Å². The lowest BCUT2D eigenvalue weighted by atomic mass is 9.90. The highest BCUT2D eigenvalue weighted by Crippen LogP contribution is 2.49. The summed E-state index contributed by atoms with van der Waals surface area (Å²) in [5.74, 6) is 0. The van der Waals surface area contributed by atoms with Crippen LogP contribution in [0.15, 0.2) is 146 Å². The molecule has 0 heterocycles. The lowest BCUT2D eigenvalue weighted by molar-refractivity contribution is 1.73. The van der Waals surface area contributed by atoms with Gasteiger partial charge in [-0.05, 0) is 86.9 Å². The van der Waals surface area contributed by atoms with Crippen LogP contribution in [0.2, 0.25) is 0 Å². The minimum atomic E-state index is 1.32. The second-order valence-electron chi connectivity index (χ2n) is 10.8. The van der Waals surface area contributed by atoms with E-state index in [1.165, 1.54) is 86.9 Å². The van der Waals surface area contributed by atoms with E-state index in [1.807, 2.05) is 0 Å². The van der Waals surface area contributed by atoms with Gasteiger partial charge < -0.3 is 0 Å². The molecular formula is C40H24. The number of rotatable bonds is 0. The number of fused-ring (bicyclic) bond motifs is 7. The van der Waals surface area contributed by atoms with E-state index in [9.17, 15) is 0 Å². The van der Waals surface area contributed by atoms with Gasteiger partial charge in [0.2, 0.25) is 0 Å². The molecule has 0 fully saturated rings. The standard InChI is InChI=1S/2C20H12/c1-5-13-6-2-11-17-18-12-4-8-14-7-3-10-16(20(14)18)15(9-1)19(13)17;1-2-8-15-13(5-1)11-12-17-16-9-3-6-14-7-4-10-18(19(14)16)20(15)17/h2*1-12H. The third kappa shape index (κ3) is 2.91. The first-order valence-electron chi connectivity index (χ1n) is 14.0. The SMILES string of the molecule is c1cc2cccc3c4cccc5cccc(c(c1)c23)c54.c1ccc2c3c(ccc2c1)-c1cccc2cccc-3c12. The molecule has 0 atom stereocenters. The fraction of sp³-hybridized carbons (Fsp3) is 0. The Bertz CT molecular complexity index is 2250. The van der Waals surface area contributed by atoms with E-state index >= 15 is 0 Å². The second-order valence-corrected chi connectivity index (χ2v) is 10.8. The zero-order valence-corrected chi connectivity index (χ0v) is 21.9. The van der Waals surface area contributed by atoms with Crippen LogP contribution < -0.4 is 0 Å². The monoisotopic (exact) mass is 504 g/mol. The molecule has 9 aromatic carbocycles. The molecule has 0 bridgehead atoms. The van der Waals surface area contributed by atoms with Crippen molar-refractivity contribution in [3.8, 4) is 22.3 Å². The Kier molecular flexibility index (Phi) is 4.42. The molecule has 9 aromatic rings. The summed E-state index contributed by atoms with van der Waals surface area (Å²) in [7, 11) is 0. The van der Waals surface area contributed by atoms with Gasteiger partial charge in [-0.1, -0.05) is 146 Å². The first kappa shape index (κ1) is 21.7. The molecule has 0 spiro atoms. The van der Waals surface area contributed by atoms with Crippen molar-refractivity contribution in [2.24, 2.45) is 0 Å². The van der Waals surface area contributed by atoms with Crippen molar-refractivity contribution in [1.29, 1.82) is 0 Å². The van der Waals surface area contributed by atoms with Gasteiger partial charge >= 0.3 is 0 Å². The quantitative estimate of drug-likeness (QED) is 0.142. The van der Waals surface area contributed by atoms with Gasteiger partial charge in [0.25, 0.3) is 0 Å². The Morgan fingerprint density at radius 2 is 0.650 bits per heavy atom. The molecule has 1 aliphatic carbocycles. The van der Waals surface area contributed by atoms with Crippen molar-refractivity contribution in [2.75, 3.05) is 0 Å². The zero-order valence-electron chi connectivity index (χ0n) is 21.9. The molecule has 184 valence electrons. The number of benzene rings is 9. The zero-order chi connectivity index (χ0) is 26.2. The van der Waals surface area contributed by atoms with Crippen LogP contribution in [0.4, 0.5) is 0 Å². The summed E-state index contributed by atoms with van der Waals surface area (Å²) in [6.45, 7) is 0. The Hall–Kier alpha value is -5.20. The van der Waals surface area contributed by atoms with Crippen LogP contribution in [0, 0.1) is 0 Å². The highest BCUT2D eigenvalue weighted by Gasteiger charge is 2.22. The van der Waals surface area contributed by atoms with Gasteiger partial charge in [0.1, 0.15) is 0 Å². The molecule has 0 aliphatic heterocycles. The molecule has 0 unspecified atom stereocenters. The van der Waals surface area contributed by atoms with Crippen LogP contribution in [0.25, 0.3) is 86.9 Å². The Balaban J connectivity index is 0.000000115. The van der Waals surface area contributed by atoms with E-state index in [-0.39, 0.29) is 0 Å². The van der Waals surface area contributed by atoms with Crippen LogP contribution in [0.1, 0.15) is 0 Å². The molecular weight excluding hydrogens is 480 g/mol. The number of hydrogen-bond acceptors (Lipinski definition) is 0. The molecule has 0 saturated heterocycles. The molecule has 0 radical (unpaired) electrons. The fourth-order valence-electron chi connectivity index (χ4n) is 7.14. The van der Waals surface area contributed by atoms with Gasteiger partial charge in [-0.25, -0.2) is 0 Å². The van der Waals surface area contributed by atoms with Crippen molar-refractivity contribution in [1.82, 2.24) is 0 Å². The third-order valence-corrected chi connectivity index (χ3v) is 8.78. The average molecular weight is 505 g/mol. The second kappa shape index (κ2) is 8.15. The Labute approximate surface area is 232 Å². The Morgan fingerprint density at radius 1 is 0.225 bits per heavy atom. The Morgan fingerprint density at radius 3 is 1.23 bits per heavy atom. The summed E-state index contributed by atoms with van der Waals surface area (Å²) in [6, 6.07) is 52.9. The van der Waals surface area contributed by atoms with E-state index in [2.05, 4.69) is 146 Å². The largest absolute Gasteiger partial charge is 0.0616 e. The van der Waals surface area contributed by atoms with Crippen molar-refractivity contribution >= 4 is 64.6 Å². The van der Waals surface area contributed by atoms with Crippen LogP contribution in [0.3, 0.4) is 0 Å². The van der Waals surface area contributed by atoms with Crippen LogP contribution >= 0.6 is 0 Å². The van der Waals surface area contributed by atoms with Crippen molar-refractivity contribution in [2.45, 2.75) is 0 Å². The van der Waals surface area contributed by atoms with E-state index in [0.29, 0.717) is 0 Å². The van der Waals surface area contributed by atoms with Gasteiger partial charge in [0.15, 0.2) is 0 Å². The average Bonchev–Trinajstić information content (AvgIpc) is 3.36. The summed E-state index contributed by atoms with van der Waals surface area (Å²) in [5, 5.41) is 16.3. The first-order chi connectivity index (χ1) is 19.9. The molecule has 10 rings (SSSR count). The third-order valence-electron chi connectivity index (χ3n) is 8.78. The molecule has 0 nitrogen and oxygen atoms in total. The molecule has 40 heavy (non-hydrogen) atoms. The fourth-order valence-corrected chi connectivity index (χ4v) is 7.14. The number of hydrogen-bond donors (Lipinski definition) is 0. The lowest BCUT2D eigenvalue weighted by Gasteiger charge is -2.13. The van der Waals surface area contributed by atoms with Gasteiger partial charge in [-0.15, -0.1) is 0 Å². The van der Waals surface area contributed by atoms with E-state index in [4.69, 9.17) is 0 Å². The normalized spacial score (nSPS) is 12.0.